The van der Waals surface area contributed by atoms with Gasteiger partial charge in [0, 0.05) is 40.1 Å². The molecule has 8 heteroatoms. The van der Waals surface area contributed by atoms with Gasteiger partial charge in [-0.2, -0.15) is 0 Å². The molecule has 1 aliphatic carbocycles. The number of ether oxygens (including phenoxy) is 4. The number of hydrogen-bond donors (Lipinski definition) is 0. The highest BCUT2D eigenvalue weighted by Gasteiger charge is 2.18. The van der Waals surface area contributed by atoms with Crippen LogP contribution in [0.15, 0.2) is 48.5 Å². The van der Waals surface area contributed by atoms with Crippen molar-refractivity contribution in [2.75, 3.05) is 46.1 Å². The summed E-state index contributed by atoms with van der Waals surface area (Å²) in [5.41, 5.74) is 5.75. The third kappa shape index (κ3) is 9.98. The lowest BCUT2D eigenvalue weighted by Crippen LogP contribution is -2.34. The van der Waals surface area contributed by atoms with Gasteiger partial charge in [-0.25, -0.2) is 0 Å². The third-order valence-corrected chi connectivity index (χ3v) is 6.22. The van der Waals surface area contributed by atoms with E-state index in [9.17, 15) is 14.4 Å². The average molecular weight is 512 g/mol. The van der Waals surface area contributed by atoms with Gasteiger partial charge >= 0.3 is 17.9 Å². The Morgan fingerprint density at radius 2 is 1.41 bits per heavy atom. The van der Waals surface area contributed by atoms with Crippen molar-refractivity contribution in [2.45, 2.75) is 45.6 Å². The van der Waals surface area contributed by atoms with Crippen LogP contribution in [0.3, 0.4) is 0 Å². The molecule has 1 fully saturated rings. The molecule has 0 amide bonds. The Bertz CT molecular complexity index is 969. The number of rotatable bonds is 11. The van der Waals surface area contributed by atoms with Crippen LogP contribution in [0.1, 0.15) is 44.2 Å². The monoisotopic (exact) mass is 511 g/mol. The molecular weight excluding hydrogens is 474 g/mol. The normalized spacial score (nSPS) is 15.3. The van der Waals surface area contributed by atoms with Crippen molar-refractivity contribution in [2.24, 2.45) is 0 Å². The van der Waals surface area contributed by atoms with Crippen molar-refractivity contribution in [3.8, 4) is 11.1 Å². The molecule has 0 spiro atoms. The van der Waals surface area contributed by atoms with Crippen LogP contribution < -0.4 is 0 Å². The zero-order chi connectivity index (χ0) is 26.5. The number of carbonyl (C=O) groups excluding carboxylic acids is 3. The van der Waals surface area contributed by atoms with Crippen LogP contribution in [-0.4, -0.2) is 75.0 Å². The maximum Gasteiger partial charge on any atom is 0.307 e. The van der Waals surface area contributed by atoms with Crippen molar-refractivity contribution in [3.63, 3.8) is 0 Å². The fourth-order valence-electron chi connectivity index (χ4n) is 4.34. The van der Waals surface area contributed by atoms with Gasteiger partial charge in [-0.05, 0) is 41.5 Å². The molecular formula is C29H37NO7. The first kappa shape index (κ1) is 28.3. The molecule has 0 aromatic heterocycles. The zero-order valence-corrected chi connectivity index (χ0v) is 21.8. The van der Waals surface area contributed by atoms with Gasteiger partial charge < -0.3 is 18.9 Å². The number of nitrogens with zero attached hydrogens (tertiary/aromatic N) is 1. The topological polar surface area (TPSA) is 91.4 Å². The SMILES string of the molecule is CC(=O)OCCN(CCOC(C)=O)CCC(=O)OCC1CCCO1.c1ccc2c(c1)Cc1ccccc1-2. The first-order valence-electron chi connectivity index (χ1n) is 12.8. The molecule has 37 heavy (non-hydrogen) atoms. The summed E-state index contributed by atoms with van der Waals surface area (Å²) in [5, 5.41) is 0. The lowest BCUT2D eigenvalue weighted by molar-refractivity contribution is -0.148. The summed E-state index contributed by atoms with van der Waals surface area (Å²) in [6.45, 7) is 5.49. The van der Waals surface area contributed by atoms with Crippen LogP contribution in [0, 0.1) is 0 Å². The van der Waals surface area contributed by atoms with Gasteiger partial charge in [0.05, 0.1) is 12.5 Å². The fraction of sp³-hybridized carbons (Fsp3) is 0.483. The van der Waals surface area contributed by atoms with Crippen LogP contribution in [0.2, 0.25) is 0 Å². The minimum atomic E-state index is -0.356. The van der Waals surface area contributed by atoms with E-state index < -0.39 is 0 Å². The van der Waals surface area contributed by atoms with Crippen LogP contribution in [-0.2, 0) is 39.8 Å². The van der Waals surface area contributed by atoms with E-state index in [1.165, 1.54) is 36.1 Å². The predicted molar refractivity (Wildman–Crippen MR) is 139 cm³/mol. The summed E-state index contributed by atoms with van der Waals surface area (Å²) in [6, 6.07) is 17.3. The Hall–Kier alpha value is -3.23. The van der Waals surface area contributed by atoms with Crippen LogP contribution in [0.25, 0.3) is 11.1 Å². The fourth-order valence-corrected chi connectivity index (χ4v) is 4.34. The zero-order valence-electron chi connectivity index (χ0n) is 21.8. The molecule has 2 aromatic carbocycles. The van der Waals surface area contributed by atoms with E-state index in [2.05, 4.69) is 48.5 Å². The van der Waals surface area contributed by atoms with Gasteiger partial charge in [0.25, 0.3) is 0 Å². The van der Waals surface area contributed by atoms with E-state index in [1.807, 2.05) is 4.90 Å². The number of esters is 3. The Labute approximate surface area is 218 Å². The molecule has 2 aliphatic rings. The first-order valence-corrected chi connectivity index (χ1v) is 12.8. The second-order valence-corrected chi connectivity index (χ2v) is 9.08. The molecule has 1 aliphatic heterocycles. The molecule has 1 atom stereocenters. The summed E-state index contributed by atoms with van der Waals surface area (Å²) < 4.78 is 20.4. The molecule has 2 aromatic rings. The number of fused-ring (bicyclic) bond motifs is 3. The molecule has 200 valence electrons. The van der Waals surface area contributed by atoms with Crippen LogP contribution in [0.4, 0.5) is 0 Å². The minimum Gasteiger partial charge on any atom is -0.465 e. The number of hydrogen-bond acceptors (Lipinski definition) is 8. The third-order valence-electron chi connectivity index (χ3n) is 6.22. The van der Waals surface area contributed by atoms with Crippen molar-refractivity contribution >= 4 is 17.9 Å². The van der Waals surface area contributed by atoms with Gasteiger partial charge in [0.2, 0.25) is 0 Å². The number of benzene rings is 2. The summed E-state index contributed by atoms with van der Waals surface area (Å²) in [4.78, 5) is 35.3. The predicted octanol–water partition coefficient (Wildman–Crippen LogP) is 3.78. The lowest BCUT2D eigenvalue weighted by atomic mass is 10.1. The van der Waals surface area contributed by atoms with Gasteiger partial charge in [-0.3, -0.25) is 19.3 Å². The Morgan fingerprint density at radius 3 is 1.92 bits per heavy atom. The molecule has 0 radical (unpaired) electrons. The smallest absolute Gasteiger partial charge is 0.307 e. The second-order valence-electron chi connectivity index (χ2n) is 9.08. The Kier molecular flexibility index (Phi) is 11.6. The highest BCUT2D eigenvalue weighted by molar-refractivity contribution is 5.76. The maximum absolute atomic E-state index is 11.8. The van der Waals surface area contributed by atoms with Crippen molar-refractivity contribution in [1.82, 2.24) is 4.90 Å². The molecule has 1 unspecified atom stereocenters. The largest absolute Gasteiger partial charge is 0.465 e. The minimum absolute atomic E-state index is 0.0120. The second kappa shape index (κ2) is 15.1. The van der Waals surface area contributed by atoms with E-state index in [1.54, 1.807) is 0 Å². The van der Waals surface area contributed by atoms with E-state index in [4.69, 9.17) is 18.9 Å². The lowest BCUT2D eigenvalue weighted by Gasteiger charge is -2.21. The number of carbonyl (C=O) groups is 3. The van der Waals surface area contributed by atoms with Crippen LogP contribution in [0.5, 0.6) is 0 Å². The molecule has 4 rings (SSSR count). The van der Waals surface area contributed by atoms with Crippen molar-refractivity contribution in [1.29, 1.82) is 0 Å². The Morgan fingerprint density at radius 1 is 0.838 bits per heavy atom. The highest BCUT2D eigenvalue weighted by atomic mass is 16.6. The summed E-state index contributed by atoms with van der Waals surface area (Å²) in [5.74, 6) is -1.01. The highest BCUT2D eigenvalue weighted by Crippen LogP contribution is 2.35. The van der Waals surface area contributed by atoms with E-state index >= 15 is 0 Å². The van der Waals surface area contributed by atoms with E-state index in [-0.39, 0.29) is 43.6 Å². The van der Waals surface area contributed by atoms with Gasteiger partial charge in [-0.15, -0.1) is 0 Å². The molecule has 0 saturated carbocycles. The summed E-state index contributed by atoms with van der Waals surface area (Å²) >= 11 is 0. The molecule has 8 nitrogen and oxygen atoms in total. The molecule has 0 bridgehead atoms. The maximum atomic E-state index is 11.8. The van der Waals surface area contributed by atoms with E-state index in [0.29, 0.717) is 26.2 Å². The van der Waals surface area contributed by atoms with E-state index in [0.717, 1.165) is 25.9 Å². The van der Waals surface area contributed by atoms with Gasteiger partial charge in [-0.1, -0.05) is 48.5 Å². The summed E-state index contributed by atoms with van der Waals surface area (Å²) in [6.07, 6.45) is 3.25. The molecule has 1 saturated heterocycles. The van der Waals surface area contributed by atoms with Crippen molar-refractivity contribution in [3.05, 3.63) is 59.7 Å². The van der Waals surface area contributed by atoms with Crippen LogP contribution >= 0.6 is 0 Å². The van der Waals surface area contributed by atoms with Crippen molar-refractivity contribution < 1.29 is 33.3 Å². The standard InChI is InChI=1S/C16H27NO7.C13H10/c1-13(18)21-10-7-17(8-11-22-14(2)19)6-5-16(20)24-12-15-4-3-9-23-15;1-3-7-12-10(5-1)9-11-6-2-4-8-13(11)12/h15H,3-12H2,1-2H3;1-8H,9H2. The average Bonchev–Trinajstić information content (AvgIpc) is 3.53. The quantitative estimate of drug-likeness (QED) is 0.284. The summed E-state index contributed by atoms with van der Waals surface area (Å²) in [7, 11) is 0. The molecule has 0 N–H and O–H groups in total. The Balaban J connectivity index is 0.000000241. The molecule has 1 heterocycles. The van der Waals surface area contributed by atoms with Gasteiger partial charge in [0.1, 0.15) is 19.8 Å². The first-order chi connectivity index (χ1) is 17.9. The van der Waals surface area contributed by atoms with Gasteiger partial charge in [0.15, 0.2) is 0 Å².